The van der Waals surface area contributed by atoms with Gasteiger partial charge in [0.05, 0.1) is 24.1 Å². The molecule has 0 amide bonds. The number of nitrogens with zero attached hydrogens (tertiary/aromatic N) is 1. The first-order chi connectivity index (χ1) is 7.34. The maximum atomic E-state index is 5.50. The number of rotatable bonds is 1. The Morgan fingerprint density at radius 3 is 2.87 bits per heavy atom. The van der Waals surface area contributed by atoms with Crippen molar-refractivity contribution in [3.05, 3.63) is 17.2 Å². The maximum absolute atomic E-state index is 5.50. The van der Waals surface area contributed by atoms with Gasteiger partial charge in [-0.25, -0.2) is 4.98 Å². The van der Waals surface area contributed by atoms with E-state index in [9.17, 15) is 0 Å². The molecule has 82 valence electrons. The van der Waals surface area contributed by atoms with Crippen LogP contribution in [0, 0.1) is 0 Å². The Hall–Kier alpha value is -0.870. The summed E-state index contributed by atoms with van der Waals surface area (Å²) in [5, 5.41) is 3.38. The quantitative estimate of drug-likeness (QED) is 0.733. The summed E-state index contributed by atoms with van der Waals surface area (Å²) in [5.74, 6) is 1.79. The summed E-state index contributed by atoms with van der Waals surface area (Å²) in [6.45, 7) is 5.00. The molecule has 0 spiro atoms. The second kappa shape index (κ2) is 3.61. The van der Waals surface area contributed by atoms with E-state index in [1.807, 2.05) is 0 Å². The molecular formula is C11H17N3O. The van der Waals surface area contributed by atoms with E-state index in [2.05, 4.69) is 22.2 Å². The van der Waals surface area contributed by atoms with E-state index < -0.39 is 0 Å². The zero-order chi connectivity index (χ0) is 10.3. The van der Waals surface area contributed by atoms with Crippen LogP contribution in [0.15, 0.2) is 0 Å². The van der Waals surface area contributed by atoms with Gasteiger partial charge in [0.15, 0.2) is 0 Å². The van der Waals surface area contributed by atoms with Crippen molar-refractivity contribution in [1.82, 2.24) is 15.3 Å². The van der Waals surface area contributed by atoms with Crippen LogP contribution in [0.2, 0.25) is 0 Å². The summed E-state index contributed by atoms with van der Waals surface area (Å²) in [4.78, 5) is 8.12. The third-order valence-corrected chi connectivity index (χ3v) is 3.42. The minimum absolute atomic E-state index is 0.173. The molecule has 0 aliphatic carbocycles. The van der Waals surface area contributed by atoms with Crippen molar-refractivity contribution in [3.8, 4) is 0 Å². The van der Waals surface area contributed by atoms with E-state index >= 15 is 0 Å². The number of piperidine rings is 1. The molecular weight excluding hydrogens is 190 g/mol. The van der Waals surface area contributed by atoms with Gasteiger partial charge in [-0.1, -0.05) is 0 Å². The number of nitrogens with one attached hydrogen (secondary N) is 2. The molecule has 15 heavy (non-hydrogen) atoms. The first-order valence-corrected chi connectivity index (χ1v) is 5.75. The Morgan fingerprint density at radius 1 is 1.33 bits per heavy atom. The average molecular weight is 207 g/mol. The van der Waals surface area contributed by atoms with Gasteiger partial charge in [-0.15, -0.1) is 0 Å². The molecule has 4 heteroatoms. The zero-order valence-electron chi connectivity index (χ0n) is 9.05. The van der Waals surface area contributed by atoms with Crippen LogP contribution in [0.1, 0.15) is 49.0 Å². The Kier molecular flexibility index (Phi) is 2.25. The van der Waals surface area contributed by atoms with Gasteiger partial charge in [0.1, 0.15) is 5.82 Å². The maximum Gasteiger partial charge on any atom is 0.109 e. The van der Waals surface area contributed by atoms with Crippen molar-refractivity contribution in [2.45, 2.75) is 38.4 Å². The largest absolute Gasteiger partial charge is 0.366 e. The summed E-state index contributed by atoms with van der Waals surface area (Å²) >= 11 is 0. The Morgan fingerprint density at radius 2 is 2.13 bits per heavy atom. The van der Waals surface area contributed by atoms with Crippen LogP contribution < -0.4 is 5.32 Å². The van der Waals surface area contributed by atoms with E-state index in [1.165, 1.54) is 24.4 Å². The summed E-state index contributed by atoms with van der Waals surface area (Å²) < 4.78 is 5.50. The van der Waals surface area contributed by atoms with Gasteiger partial charge < -0.3 is 15.0 Å². The molecule has 1 saturated heterocycles. The van der Waals surface area contributed by atoms with Gasteiger partial charge >= 0.3 is 0 Å². The summed E-state index contributed by atoms with van der Waals surface area (Å²) in [7, 11) is 0. The lowest BCUT2D eigenvalue weighted by Gasteiger charge is -2.20. The van der Waals surface area contributed by atoms with Crippen LogP contribution in [0.3, 0.4) is 0 Å². The van der Waals surface area contributed by atoms with Crippen molar-refractivity contribution < 1.29 is 4.74 Å². The molecule has 0 bridgehead atoms. The second-order valence-electron chi connectivity index (χ2n) is 4.46. The molecule has 3 heterocycles. The summed E-state index contributed by atoms with van der Waals surface area (Å²) in [6, 6.07) is 0. The van der Waals surface area contributed by atoms with Crippen molar-refractivity contribution in [1.29, 1.82) is 0 Å². The van der Waals surface area contributed by atoms with Crippen LogP contribution in [0.5, 0.6) is 0 Å². The molecule has 0 saturated carbocycles. The normalized spacial score (nSPS) is 26.9. The number of fused-ring (bicyclic) bond motifs is 1. The standard InChI is InChI=1S/C11H17N3O/c1-7-10-9(6-15-7)13-11(14-10)8-2-4-12-5-3-8/h7-8,12H,2-6H2,1H3,(H,13,14). The minimum Gasteiger partial charge on any atom is -0.366 e. The highest BCUT2D eigenvalue weighted by molar-refractivity contribution is 5.21. The van der Waals surface area contributed by atoms with Crippen LogP contribution >= 0.6 is 0 Å². The number of hydrogen-bond acceptors (Lipinski definition) is 3. The average Bonchev–Trinajstić information content (AvgIpc) is 2.83. The van der Waals surface area contributed by atoms with Crippen molar-refractivity contribution in [2.75, 3.05) is 13.1 Å². The highest BCUT2D eigenvalue weighted by Crippen LogP contribution is 2.31. The number of ether oxygens (including phenoxy) is 1. The van der Waals surface area contributed by atoms with Crippen LogP contribution in [-0.2, 0) is 11.3 Å². The predicted octanol–water partition coefficient (Wildman–Crippen LogP) is 1.47. The molecule has 2 aliphatic heterocycles. The number of H-pyrrole nitrogens is 1. The number of hydrogen-bond donors (Lipinski definition) is 2. The summed E-state index contributed by atoms with van der Waals surface area (Å²) in [6.07, 6.45) is 2.57. The lowest BCUT2D eigenvalue weighted by atomic mass is 9.98. The van der Waals surface area contributed by atoms with Gasteiger partial charge in [0, 0.05) is 5.92 Å². The molecule has 2 N–H and O–H groups in total. The molecule has 1 aromatic rings. The molecule has 4 nitrogen and oxygen atoms in total. The van der Waals surface area contributed by atoms with E-state index in [0.717, 1.165) is 18.8 Å². The first kappa shape index (κ1) is 9.36. The van der Waals surface area contributed by atoms with E-state index in [4.69, 9.17) is 4.74 Å². The molecule has 1 fully saturated rings. The van der Waals surface area contributed by atoms with Gasteiger partial charge in [0.25, 0.3) is 0 Å². The lowest BCUT2D eigenvalue weighted by Crippen LogP contribution is -2.27. The Bertz CT molecular complexity index is 355. The van der Waals surface area contributed by atoms with E-state index in [0.29, 0.717) is 12.5 Å². The van der Waals surface area contributed by atoms with Gasteiger partial charge in [0.2, 0.25) is 0 Å². The summed E-state index contributed by atoms with van der Waals surface area (Å²) in [5.41, 5.74) is 2.32. The predicted molar refractivity (Wildman–Crippen MR) is 56.6 cm³/mol. The molecule has 1 atom stereocenters. The van der Waals surface area contributed by atoms with E-state index in [-0.39, 0.29) is 6.10 Å². The Labute approximate surface area is 89.4 Å². The van der Waals surface area contributed by atoms with E-state index in [1.54, 1.807) is 0 Å². The highest BCUT2D eigenvalue weighted by atomic mass is 16.5. The van der Waals surface area contributed by atoms with Crippen molar-refractivity contribution in [2.24, 2.45) is 0 Å². The zero-order valence-corrected chi connectivity index (χ0v) is 9.05. The fraction of sp³-hybridized carbons (Fsp3) is 0.727. The van der Waals surface area contributed by atoms with Crippen molar-refractivity contribution >= 4 is 0 Å². The van der Waals surface area contributed by atoms with Crippen LogP contribution in [-0.4, -0.2) is 23.1 Å². The molecule has 0 radical (unpaired) electrons. The van der Waals surface area contributed by atoms with Crippen LogP contribution in [0.4, 0.5) is 0 Å². The Balaban J connectivity index is 1.84. The topological polar surface area (TPSA) is 49.9 Å². The van der Waals surface area contributed by atoms with Gasteiger partial charge in [-0.2, -0.15) is 0 Å². The lowest BCUT2D eigenvalue weighted by molar-refractivity contribution is 0.0756. The minimum atomic E-state index is 0.173. The highest BCUT2D eigenvalue weighted by Gasteiger charge is 2.27. The molecule has 3 rings (SSSR count). The second-order valence-corrected chi connectivity index (χ2v) is 4.46. The molecule has 0 aromatic carbocycles. The molecule has 1 unspecified atom stereocenters. The van der Waals surface area contributed by atoms with Crippen LogP contribution in [0.25, 0.3) is 0 Å². The first-order valence-electron chi connectivity index (χ1n) is 5.75. The van der Waals surface area contributed by atoms with Gasteiger partial charge in [-0.05, 0) is 32.9 Å². The number of aromatic amines is 1. The number of imidazole rings is 1. The molecule has 2 aliphatic rings. The smallest absolute Gasteiger partial charge is 0.109 e. The third kappa shape index (κ3) is 1.58. The fourth-order valence-electron chi connectivity index (χ4n) is 2.47. The fourth-order valence-corrected chi connectivity index (χ4v) is 2.47. The SMILES string of the molecule is CC1OCc2[nH]c(C3CCNCC3)nc21. The van der Waals surface area contributed by atoms with Crippen molar-refractivity contribution in [3.63, 3.8) is 0 Å². The number of aromatic nitrogens is 2. The third-order valence-electron chi connectivity index (χ3n) is 3.42. The molecule has 1 aromatic heterocycles. The van der Waals surface area contributed by atoms with Gasteiger partial charge in [-0.3, -0.25) is 0 Å². The monoisotopic (exact) mass is 207 g/mol.